The average Bonchev–Trinajstić information content (AvgIpc) is 2.70. The Kier molecular flexibility index (Phi) is 3.71. The van der Waals surface area contributed by atoms with Gasteiger partial charge in [-0.2, -0.15) is 4.98 Å². The van der Waals surface area contributed by atoms with Crippen LogP contribution >= 0.6 is 34.5 Å². The third-order valence-corrected chi connectivity index (χ3v) is 3.76. The van der Waals surface area contributed by atoms with Gasteiger partial charge in [-0.3, -0.25) is 0 Å². The van der Waals surface area contributed by atoms with Crippen LogP contribution in [-0.4, -0.2) is 9.97 Å². The number of halogens is 2. The molecule has 2 aromatic rings. The van der Waals surface area contributed by atoms with Gasteiger partial charge in [-0.15, -0.1) is 11.3 Å². The van der Waals surface area contributed by atoms with E-state index in [0.717, 1.165) is 9.21 Å². The standard InChI is InChI=1S/C10H10Cl2N4S/c1-5(7-2-3-8(11)17-7)15-9-6(13)4-14-10(12)16-9/h2-5H,13H2,1H3,(H,14,15,16). The summed E-state index contributed by atoms with van der Waals surface area (Å²) in [5, 5.41) is 3.34. The molecule has 0 radical (unpaired) electrons. The zero-order valence-corrected chi connectivity index (χ0v) is 11.3. The van der Waals surface area contributed by atoms with E-state index in [0.29, 0.717) is 11.5 Å². The van der Waals surface area contributed by atoms with Gasteiger partial charge < -0.3 is 11.1 Å². The molecule has 1 unspecified atom stereocenters. The van der Waals surface area contributed by atoms with Gasteiger partial charge in [0, 0.05) is 4.88 Å². The molecule has 0 fully saturated rings. The number of thiophene rings is 1. The minimum Gasteiger partial charge on any atom is -0.394 e. The molecule has 0 aliphatic carbocycles. The number of rotatable bonds is 3. The van der Waals surface area contributed by atoms with Crippen LogP contribution in [0.1, 0.15) is 17.8 Å². The van der Waals surface area contributed by atoms with Crippen molar-refractivity contribution in [3.8, 4) is 0 Å². The molecule has 0 bridgehead atoms. The summed E-state index contributed by atoms with van der Waals surface area (Å²) < 4.78 is 0.752. The number of hydrogen-bond donors (Lipinski definition) is 2. The fraction of sp³-hybridized carbons (Fsp3) is 0.200. The summed E-state index contributed by atoms with van der Waals surface area (Å²) >= 11 is 13.1. The molecule has 2 heterocycles. The summed E-state index contributed by atoms with van der Waals surface area (Å²) in [6, 6.07) is 3.88. The predicted molar refractivity (Wildman–Crippen MR) is 72.8 cm³/mol. The van der Waals surface area contributed by atoms with Crippen LogP contribution in [0.5, 0.6) is 0 Å². The molecular formula is C10H10Cl2N4S. The SMILES string of the molecule is CC(Nc1nc(Cl)ncc1N)c1ccc(Cl)s1. The van der Waals surface area contributed by atoms with Gasteiger partial charge in [-0.05, 0) is 30.7 Å². The topological polar surface area (TPSA) is 63.8 Å². The lowest BCUT2D eigenvalue weighted by atomic mass is 10.2. The second kappa shape index (κ2) is 5.08. The van der Waals surface area contributed by atoms with E-state index in [1.807, 2.05) is 19.1 Å². The zero-order chi connectivity index (χ0) is 12.4. The first-order valence-corrected chi connectivity index (χ1v) is 6.43. The van der Waals surface area contributed by atoms with E-state index in [1.165, 1.54) is 17.5 Å². The summed E-state index contributed by atoms with van der Waals surface area (Å²) in [6.07, 6.45) is 1.48. The highest BCUT2D eigenvalue weighted by Gasteiger charge is 2.11. The van der Waals surface area contributed by atoms with Gasteiger partial charge in [-0.1, -0.05) is 11.6 Å². The highest BCUT2D eigenvalue weighted by atomic mass is 35.5. The third kappa shape index (κ3) is 3.00. The number of anilines is 2. The molecule has 0 saturated heterocycles. The highest BCUT2D eigenvalue weighted by Crippen LogP contribution is 2.29. The zero-order valence-electron chi connectivity index (χ0n) is 8.95. The molecule has 7 heteroatoms. The van der Waals surface area contributed by atoms with Crippen molar-refractivity contribution in [3.63, 3.8) is 0 Å². The Morgan fingerprint density at radius 2 is 2.18 bits per heavy atom. The normalized spacial score (nSPS) is 12.4. The Balaban J connectivity index is 2.18. The number of hydrogen-bond acceptors (Lipinski definition) is 5. The van der Waals surface area contributed by atoms with Gasteiger partial charge in [0.2, 0.25) is 5.28 Å². The largest absolute Gasteiger partial charge is 0.394 e. The predicted octanol–water partition coefficient (Wildman–Crippen LogP) is 3.60. The van der Waals surface area contributed by atoms with Crippen molar-refractivity contribution in [1.82, 2.24) is 9.97 Å². The van der Waals surface area contributed by atoms with Crippen molar-refractivity contribution in [1.29, 1.82) is 0 Å². The molecule has 4 nitrogen and oxygen atoms in total. The van der Waals surface area contributed by atoms with E-state index in [9.17, 15) is 0 Å². The van der Waals surface area contributed by atoms with E-state index in [4.69, 9.17) is 28.9 Å². The van der Waals surface area contributed by atoms with Crippen LogP contribution in [0.2, 0.25) is 9.62 Å². The number of aromatic nitrogens is 2. The maximum absolute atomic E-state index is 5.88. The van der Waals surface area contributed by atoms with Gasteiger partial charge in [0.15, 0.2) is 5.82 Å². The molecule has 2 rings (SSSR count). The summed E-state index contributed by atoms with van der Waals surface area (Å²) in [6.45, 7) is 2.00. The molecule has 3 N–H and O–H groups in total. The Hall–Kier alpha value is -1.04. The number of nitrogens with two attached hydrogens (primary N) is 1. The van der Waals surface area contributed by atoms with Crippen LogP contribution in [0.4, 0.5) is 11.5 Å². The quantitative estimate of drug-likeness (QED) is 0.847. The summed E-state index contributed by atoms with van der Waals surface area (Å²) in [5.74, 6) is 0.530. The van der Waals surface area contributed by atoms with Crippen LogP contribution < -0.4 is 11.1 Å². The lowest BCUT2D eigenvalue weighted by Gasteiger charge is -2.14. The molecule has 1 atom stereocenters. The summed E-state index contributed by atoms with van der Waals surface area (Å²) in [5.41, 5.74) is 6.21. The molecule has 0 aromatic carbocycles. The Morgan fingerprint density at radius 1 is 1.41 bits per heavy atom. The summed E-state index contributed by atoms with van der Waals surface area (Å²) in [4.78, 5) is 8.93. The molecule has 0 spiro atoms. The van der Waals surface area contributed by atoms with Gasteiger partial charge in [0.25, 0.3) is 0 Å². The number of nitrogens with one attached hydrogen (secondary N) is 1. The van der Waals surface area contributed by atoms with Crippen molar-refractivity contribution in [2.75, 3.05) is 11.1 Å². The maximum atomic E-state index is 5.88. The molecule has 0 aliphatic heterocycles. The molecule has 0 saturated carbocycles. The van der Waals surface area contributed by atoms with Gasteiger partial charge in [0.1, 0.15) is 0 Å². The van der Waals surface area contributed by atoms with Crippen molar-refractivity contribution < 1.29 is 0 Å². The first-order valence-electron chi connectivity index (χ1n) is 4.86. The monoisotopic (exact) mass is 288 g/mol. The second-order valence-corrected chi connectivity index (χ2v) is 5.54. The van der Waals surface area contributed by atoms with Crippen molar-refractivity contribution in [3.05, 3.63) is 32.8 Å². The van der Waals surface area contributed by atoms with Gasteiger partial charge in [-0.25, -0.2) is 4.98 Å². The van der Waals surface area contributed by atoms with E-state index in [1.54, 1.807) is 0 Å². The van der Waals surface area contributed by atoms with Crippen LogP contribution in [0.15, 0.2) is 18.3 Å². The lowest BCUT2D eigenvalue weighted by molar-refractivity contribution is 0.894. The van der Waals surface area contributed by atoms with E-state index in [2.05, 4.69) is 15.3 Å². The molecule has 17 heavy (non-hydrogen) atoms. The van der Waals surface area contributed by atoms with E-state index >= 15 is 0 Å². The van der Waals surface area contributed by atoms with Crippen LogP contribution in [0, 0.1) is 0 Å². The van der Waals surface area contributed by atoms with Crippen LogP contribution in [-0.2, 0) is 0 Å². The minimum absolute atomic E-state index is 0.0563. The number of nitrogen functional groups attached to an aromatic ring is 1. The fourth-order valence-electron chi connectivity index (χ4n) is 1.32. The number of nitrogens with zero attached hydrogens (tertiary/aromatic N) is 2. The minimum atomic E-state index is 0.0563. The first-order chi connectivity index (χ1) is 8.06. The third-order valence-electron chi connectivity index (χ3n) is 2.16. The second-order valence-electron chi connectivity index (χ2n) is 3.45. The Bertz CT molecular complexity index is 529. The molecule has 0 amide bonds. The Labute approximate surface area is 113 Å². The van der Waals surface area contributed by atoms with Gasteiger partial charge in [0.05, 0.1) is 22.3 Å². The molecule has 90 valence electrons. The Morgan fingerprint density at radius 3 is 2.82 bits per heavy atom. The lowest BCUT2D eigenvalue weighted by Crippen LogP contribution is -2.09. The van der Waals surface area contributed by atoms with Crippen molar-refractivity contribution in [2.45, 2.75) is 13.0 Å². The fourth-order valence-corrected chi connectivity index (χ4v) is 2.52. The van der Waals surface area contributed by atoms with E-state index < -0.39 is 0 Å². The molecular weight excluding hydrogens is 279 g/mol. The van der Waals surface area contributed by atoms with E-state index in [-0.39, 0.29) is 11.3 Å². The molecule has 0 aliphatic rings. The smallest absolute Gasteiger partial charge is 0.224 e. The average molecular weight is 289 g/mol. The first kappa shape index (κ1) is 12.4. The highest BCUT2D eigenvalue weighted by molar-refractivity contribution is 7.16. The molecule has 2 aromatic heterocycles. The maximum Gasteiger partial charge on any atom is 0.224 e. The van der Waals surface area contributed by atoms with Crippen LogP contribution in [0.3, 0.4) is 0 Å². The van der Waals surface area contributed by atoms with Crippen molar-refractivity contribution >= 4 is 46.0 Å². The van der Waals surface area contributed by atoms with Crippen molar-refractivity contribution in [2.24, 2.45) is 0 Å². The van der Waals surface area contributed by atoms with Crippen LogP contribution in [0.25, 0.3) is 0 Å². The summed E-state index contributed by atoms with van der Waals surface area (Å²) in [7, 11) is 0. The van der Waals surface area contributed by atoms with Gasteiger partial charge >= 0.3 is 0 Å².